The second-order valence-electron chi connectivity index (χ2n) is 7.00. The molecule has 0 saturated heterocycles. The topological polar surface area (TPSA) is 49.9 Å². The van der Waals surface area contributed by atoms with Gasteiger partial charge in [-0.1, -0.05) is 48.5 Å². The van der Waals surface area contributed by atoms with E-state index in [1.807, 2.05) is 73.7 Å². The second kappa shape index (κ2) is 7.35. The van der Waals surface area contributed by atoms with Gasteiger partial charge in [0.15, 0.2) is 6.61 Å². The van der Waals surface area contributed by atoms with Gasteiger partial charge in [0.1, 0.15) is 5.75 Å². The van der Waals surface area contributed by atoms with E-state index in [1.54, 1.807) is 16.7 Å². The summed E-state index contributed by atoms with van der Waals surface area (Å²) < 4.78 is 5.89. The normalized spacial score (nSPS) is 16.0. The molecule has 0 fully saturated rings. The lowest BCUT2D eigenvalue weighted by Crippen LogP contribution is -2.52. The molecule has 28 heavy (non-hydrogen) atoms. The number of ether oxygens (including phenoxy) is 1. The fourth-order valence-corrected chi connectivity index (χ4v) is 3.83. The summed E-state index contributed by atoms with van der Waals surface area (Å²) in [7, 11) is 0. The number of hydrogen-bond donors (Lipinski definition) is 0. The molecule has 1 aliphatic rings. The highest BCUT2D eigenvalue weighted by Crippen LogP contribution is 2.35. The third-order valence-corrected chi connectivity index (χ3v) is 5.06. The number of amides is 2. The van der Waals surface area contributed by atoms with Gasteiger partial charge in [-0.25, -0.2) is 0 Å². The molecule has 4 rings (SSSR count). The number of fused-ring (bicyclic) bond motifs is 2. The van der Waals surface area contributed by atoms with Crippen molar-refractivity contribution in [3.63, 3.8) is 0 Å². The van der Waals surface area contributed by atoms with E-state index in [2.05, 4.69) is 0 Å². The first-order valence-electron chi connectivity index (χ1n) is 9.36. The van der Waals surface area contributed by atoms with Crippen LogP contribution in [-0.2, 0) is 9.59 Å². The van der Waals surface area contributed by atoms with Crippen molar-refractivity contribution in [1.82, 2.24) is 0 Å². The van der Waals surface area contributed by atoms with Gasteiger partial charge in [0.25, 0.3) is 5.91 Å². The van der Waals surface area contributed by atoms with Crippen molar-refractivity contribution in [2.24, 2.45) is 0 Å². The fraction of sp³-hybridized carbons (Fsp3) is 0.217. The average molecular weight is 374 g/mol. The molecule has 0 saturated carbocycles. The maximum absolute atomic E-state index is 13.0. The van der Waals surface area contributed by atoms with E-state index in [0.717, 1.165) is 22.1 Å². The lowest BCUT2D eigenvalue weighted by molar-refractivity contribution is -0.121. The Morgan fingerprint density at radius 2 is 1.64 bits per heavy atom. The van der Waals surface area contributed by atoms with Crippen molar-refractivity contribution >= 4 is 34.0 Å². The zero-order valence-corrected chi connectivity index (χ0v) is 16.0. The first kappa shape index (κ1) is 18.0. The van der Waals surface area contributed by atoms with Gasteiger partial charge < -0.3 is 14.5 Å². The number of para-hydroxylation sites is 2. The number of carbonyl (C=O) groups excluding carboxylic acids is 2. The summed E-state index contributed by atoms with van der Waals surface area (Å²) in [6, 6.07) is 21.1. The van der Waals surface area contributed by atoms with E-state index in [-0.39, 0.29) is 24.5 Å². The molecule has 3 aromatic rings. The number of hydrogen-bond acceptors (Lipinski definition) is 3. The number of rotatable bonds is 3. The fourth-order valence-electron chi connectivity index (χ4n) is 3.83. The monoisotopic (exact) mass is 374 g/mol. The predicted octanol–water partition coefficient (Wildman–Crippen LogP) is 4.01. The first-order valence-corrected chi connectivity index (χ1v) is 9.36. The Hall–Kier alpha value is -3.34. The van der Waals surface area contributed by atoms with Gasteiger partial charge in [-0.2, -0.15) is 0 Å². The Morgan fingerprint density at radius 3 is 2.43 bits per heavy atom. The van der Waals surface area contributed by atoms with E-state index in [9.17, 15) is 9.59 Å². The van der Waals surface area contributed by atoms with E-state index in [1.165, 1.54) is 0 Å². The highest BCUT2D eigenvalue weighted by atomic mass is 16.5. The second-order valence-corrected chi connectivity index (χ2v) is 7.00. The molecule has 0 aliphatic carbocycles. The van der Waals surface area contributed by atoms with E-state index < -0.39 is 0 Å². The van der Waals surface area contributed by atoms with Gasteiger partial charge in [0, 0.05) is 18.9 Å². The Kier molecular flexibility index (Phi) is 4.74. The summed E-state index contributed by atoms with van der Waals surface area (Å²) in [4.78, 5) is 28.5. The lowest BCUT2D eigenvalue weighted by Gasteiger charge is -2.40. The van der Waals surface area contributed by atoms with Crippen LogP contribution in [0.4, 0.5) is 11.4 Å². The van der Waals surface area contributed by atoms with Crippen LogP contribution in [0, 0.1) is 0 Å². The summed E-state index contributed by atoms with van der Waals surface area (Å²) in [6.45, 7) is 3.88. The van der Waals surface area contributed by atoms with E-state index >= 15 is 0 Å². The third-order valence-electron chi connectivity index (χ3n) is 5.06. The minimum Gasteiger partial charge on any atom is -0.483 e. The number of anilines is 2. The minimum absolute atomic E-state index is 0.0287. The number of benzene rings is 3. The Bertz CT molecular complexity index is 1040. The molecule has 0 spiro atoms. The summed E-state index contributed by atoms with van der Waals surface area (Å²) in [6.07, 6.45) is 0. The molecule has 1 heterocycles. The highest BCUT2D eigenvalue weighted by Gasteiger charge is 2.33. The molecule has 0 bridgehead atoms. The van der Waals surface area contributed by atoms with Gasteiger partial charge >= 0.3 is 0 Å². The molecule has 142 valence electrons. The van der Waals surface area contributed by atoms with Crippen molar-refractivity contribution in [1.29, 1.82) is 0 Å². The zero-order valence-electron chi connectivity index (χ0n) is 16.0. The number of carbonyl (C=O) groups is 2. The van der Waals surface area contributed by atoms with Crippen molar-refractivity contribution in [2.75, 3.05) is 23.0 Å². The highest BCUT2D eigenvalue weighted by molar-refractivity contribution is 6.04. The van der Waals surface area contributed by atoms with Crippen molar-refractivity contribution in [3.05, 3.63) is 66.7 Å². The molecule has 1 aliphatic heterocycles. The summed E-state index contributed by atoms with van der Waals surface area (Å²) in [5.41, 5.74) is 1.49. The first-order chi connectivity index (χ1) is 13.6. The van der Waals surface area contributed by atoms with E-state index in [0.29, 0.717) is 12.3 Å². The van der Waals surface area contributed by atoms with Crippen LogP contribution >= 0.6 is 0 Å². The van der Waals surface area contributed by atoms with Crippen LogP contribution in [0.25, 0.3) is 10.8 Å². The quantitative estimate of drug-likeness (QED) is 0.696. The van der Waals surface area contributed by atoms with Crippen LogP contribution in [0.15, 0.2) is 66.7 Å². The zero-order chi connectivity index (χ0) is 19.7. The van der Waals surface area contributed by atoms with Crippen molar-refractivity contribution in [3.8, 4) is 5.75 Å². The lowest BCUT2D eigenvalue weighted by atomic mass is 10.1. The Balaban J connectivity index is 1.58. The predicted molar refractivity (Wildman–Crippen MR) is 111 cm³/mol. The largest absolute Gasteiger partial charge is 0.483 e. The molecule has 1 atom stereocenters. The molecule has 3 aromatic carbocycles. The molecular weight excluding hydrogens is 352 g/mol. The molecule has 1 unspecified atom stereocenters. The van der Waals surface area contributed by atoms with E-state index in [4.69, 9.17) is 4.74 Å². The van der Waals surface area contributed by atoms with Crippen LogP contribution in [0.2, 0.25) is 0 Å². The summed E-state index contributed by atoms with van der Waals surface area (Å²) in [5.74, 6) is 0.532. The van der Waals surface area contributed by atoms with Gasteiger partial charge in [-0.15, -0.1) is 0 Å². The van der Waals surface area contributed by atoms with Crippen LogP contribution in [0.3, 0.4) is 0 Å². The number of nitrogens with zero attached hydrogens (tertiary/aromatic N) is 2. The molecule has 0 radical (unpaired) electrons. The van der Waals surface area contributed by atoms with Gasteiger partial charge in [0.2, 0.25) is 5.91 Å². The van der Waals surface area contributed by atoms with Crippen LogP contribution in [-0.4, -0.2) is 31.0 Å². The average Bonchev–Trinajstić information content (AvgIpc) is 2.71. The maximum Gasteiger partial charge on any atom is 0.265 e. The van der Waals surface area contributed by atoms with Crippen LogP contribution in [0.5, 0.6) is 5.75 Å². The Labute approximate surface area is 164 Å². The standard InChI is InChI=1S/C23H22N2O3/c1-16-14-24(20-11-5-6-12-21(20)25(16)17(2)26)23(27)15-28-22-13-7-9-18-8-3-4-10-19(18)22/h3-13,16H,14-15H2,1-2H3. The summed E-state index contributed by atoms with van der Waals surface area (Å²) >= 11 is 0. The van der Waals surface area contributed by atoms with Crippen molar-refractivity contribution < 1.29 is 14.3 Å². The van der Waals surface area contributed by atoms with Crippen LogP contribution < -0.4 is 14.5 Å². The molecule has 5 nitrogen and oxygen atoms in total. The van der Waals surface area contributed by atoms with Gasteiger partial charge in [-0.05, 0) is 30.5 Å². The minimum atomic E-state index is -0.129. The van der Waals surface area contributed by atoms with Crippen molar-refractivity contribution in [2.45, 2.75) is 19.9 Å². The van der Waals surface area contributed by atoms with Gasteiger partial charge in [0.05, 0.1) is 17.4 Å². The van der Waals surface area contributed by atoms with Gasteiger partial charge in [-0.3, -0.25) is 9.59 Å². The summed E-state index contributed by atoms with van der Waals surface area (Å²) in [5, 5.41) is 2.05. The third kappa shape index (κ3) is 3.20. The Morgan fingerprint density at radius 1 is 0.964 bits per heavy atom. The molecule has 2 amide bonds. The molecule has 0 N–H and O–H groups in total. The SMILES string of the molecule is CC(=O)N1c2ccccc2N(C(=O)COc2cccc3ccccc23)CC1C. The smallest absolute Gasteiger partial charge is 0.265 e. The molecule has 5 heteroatoms. The maximum atomic E-state index is 13.0. The molecular formula is C23H22N2O3. The molecule has 0 aromatic heterocycles. The van der Waals surface area contributed by atoms with Crippen LogP contribution in [0.1, 0.15) is 13.8 Å².